The summed E-state index contributed by atoms with van der Waals surface area (Å²) in [4.78, 5) is 41.7. The summed E-state index contributed by atoms with van der Waals surface area (Å²) < 4.78 is 0. The maximum absolute atomic E-state index is 13.6. The molecule has 3 aromatic carbocycles. The zero-order chi connectivity index (χ0) is 24.8. The van der Waals surface area contributed by atoms with Gasteiger partial charge in [0.15, 0.2) is 0 Å². The molecule has 1 aliphatic rings. The lowest BCUT2D eigenvalue weighted by Crippen LogP contribution is -2.53. The van der Waals surface area contributed by atoms with Crippen molar-refractivity contribution in [2.75, 3.05) is 17.2 Å². The van der Waals surface area contributed by atoms with Crippen LogP contribution in [0.3, 0.4) is 0 Å². The number of urea groups is 1. The first kappa shape index (κ1) is 23.8. The van der Waals surface area contributed by atoms with Crippen LogP contribution in [0, 0.1) is 0 Å². The van der Waals surface area contributed by atoms with Gasteiger partial charge in [0, 0.05) is 25.3 Å². The highest BCUT2D eigenvalue weighted by Gasteiger charge is 2.39. The van der Waals surface area contributed by atoms with Gasteiger partial charge in [0.25, 0.3) is 0 Å². The number of amides is 3. The number of nitrogens with one attached hydrogen (secondary N) is 1. The van der Waals surface area contributed by atoms with Gasteiger partial charge < -0.3 is 21.1 Å². The molecule has 1 heterocycles. The lowest BCUT2D eigenvalue weighted by molar-refractivity contribution is -0.142. The molecule has 3 aromatic rings. The summed E-state index contributed by atoms with van der Waals surface area (Å²) in [6.07, 6.45) is 0.127. The fraction of sp³-hybridized carbons (Fsp3) is 0.222. The fourth-order valence-corrected chi connectivity index (χ4v) is 4.24. The molecule has 0 spiro atoms. The van der Waals surface area contributed by atoms with Crippen molar-refractivity contribution >= 4 is 29.3 Å². The summed E-state index contributed by atoms with van der Waals surface area (Å²) in [6, 6.07) is 22.4. The number of para-hydroxylation sites is 1. The number of benzene rings is 3. The second kappa shape index (κ2) is 10.7. The van der Waals surface area contributed by atoms with Crippen LogP contribution in [-0.4, -0.2) is 40.5 Å². The smallest absolute Gasteiger partial charge is 0.322 e. The minimum atomic E-state index is -1.17. The van der Waals surface area contributed by atoms with Gasteiger partial charge in [-0.05, 0) is 41.3 Å². The maximum atomic E-state index is 13.6. The Bertz CT molecular complexity index is 1200. The molecular weight excluding hydrogens is 444 g/mol. The van der Waals surface area contributed by atoms with Crippen LogP contribution in [-0.2, 0) is 29.1 Å². The molecule has 1 aliphatic heterocycles. The summed E-state index contributed by atoms with van der Waals surface area (Å²) in [7, 11) is 0. The molecule has 35 heavy (non-hydrogen) atoms. The van der Waals surface area contributed by atoms with Gasteiger partial charge in [-0.1, -0.05) is 60.7 Å². The predicted molar refractivity (Wildman–Crippen MR) is 134 cm³/mol. The number of nitrogen functional groups attached to an aromatic ring is 1. The van der Waals surface area contributed by atoms with Crippen molar-refractivity contribution in [3.8, 4) is 0 Å². The number of carbonyl (C=O) groups is 3. The van der Waals surface area contributed by atoms with Crippen molar-refractivity contribution in [1.82, 2.24) is 10.2 Å². The third kappa shape index (κ3) is 5.78. The van der Waals surface area contributed by atoms with Crippen LogP contribution in [0.25, 0.3) is 0 Å². The molecule has 0 fully saturated rings. The zero-order valence-corrected chi connectivity index (χ0v) is 19.3. The van der Waals surface area contributed by atoms with E-state index in [0.29, 0.717) is 30.9 Å². The van der Waals surface area contributed by atoms with E-state index in [-0.39, 0.29) is 12.5 Å². The third-order valence-corrected chi connectivity index (χ3v) is 6.04. The largest absolute Gasteiger partial charge is 0.481 e. The average molecular weight is 473 g/mol. The van der Waals surface area contributed by atoms with Crippen LogP contribution in [0.4, 0.5) is 16.2 Å². The molecule has 180 valence electrons. The molecule has 0 aromatic heterocycles. The molecule has 0 aliphatic carbocycles. The van der Waals surface area contributed by atoms with E-state index in [9.17, 15) is 19.5 Å². The molecule has 1 atom stereocenters. The number of aliphatic carboxylic acids is 1. The molecule has 4 N–H and O–H groups in total. The van der Waals surface area contributed by atoms with Crippen LogP contribution in [0.15, 0.2) is 78.9 Å². The molecule has 0 bridgehead atoms. The molecule has 4 rings (SSSR count). The van der Waals surface area contributed by atoms with E-state index in [0.717, 1.165) is 16.7 Å². The minimum absolute atomic E-state index is 0.212. The molecular formula is C27H28N4O4. The zero-order valence-electron chi connectivity index (χ0n) is 19.3. The van der Waals surface area contributed by atoms with E-state index in [1.165, 1.54) is 4.90 Å². The molecule has 0 saturated carbocycles. The minimum Gasteiger partial charge on any atom is -0.481 e. The monoisotopic (exact) mass is 472 g/mol. The van der Waals surface area contributed by atoms with Gasteiger partial charge >= 0.3 is 12.0 Å². The first-order chi connectivity index (χ1) is 16.9. The van der Waals surface area contributed by atoms with Gasteiger partial charge in [-0.2, -0.15) is 0 Å². The van der Waals surface area contributed by atoms with Gasteiger partial charge in [0.1, 0.15) is 6.04 Å². The summed E-state index contributed by atoms with van der Waals surface area (Å²) in [5.74, 6) is -1.54. The van der Waals surface area contributed by atoms with Crippen LogP contribution >= 0.6 is 0 Å². The first-order valence-electron chi connectivity index (χ1n) is 11.5. The molecule has 1 unspecified atom stereocenters. The van der Waals surface area contributed by atoms with Crippen molar-refractivity contribution in [1.29, 1.82) is 0 Å². The van der Waals surface area contributed by atoms with E-state index in [1.54, 1.807) is 41.3 Å². The fourth-order valence-electron chi connectivity index (χ4n) is 4.24. The Labute approximate surface area is 204 Å². The SMILES string of the molecule is Nc1ccc(CNC(=O)N2c3ccccc3CN(CCc3ccccc3)C(=O)C2CC(=O)O)cc1. The number of rotatable bonds is 7. The highest BCUT2D eigenvalue weighted by atomic mass is 16.4. The van der Waals surface area contributed by atoms with Crippen LogP contribution in [0.1, 0.15) is 23.1 Å². The van der Waals surface area contributed by atoms with E-state index >= 15 is 0 Å². The van der Waals surface area contributed by atoms with E-state index in [4.69, 9.17) is 5.73 Å². The number of nitrogens with two attached hydrogens (primary N) is 1. The first-order valence-corrected chi connectivity index (χ1v) is 11.5. The van der Waals surface area contributed by atoms with Crippen molar-refractivity contribution in [3.05, 3.63) is 95.6 Å². The Morgan fingerprint density at radius 2 is 1.63 bits per heavy atom. The van der Waals surface area contributed by atoms with Gasteiger partial charge in [0.05, 0.1) is 12.1 Å². The summed E-state index contributed by atoms with van der Waals surface area (Å²) in [6.45, 7) is 0.914. The molecule has 8 heteroatoms. The number of hydrogen-bond donors (Lipinski definition) is 3. The quantitative estimate of drug-likeness (QED) is 0.456. The van der Waals surface area contributed by atoms with Crippen LogP contribution < -0.4 is 16.0 Å². The van der Waals surface area contributed by atoms with E-state index < -0.39 is 24.5 Å². The second-order valence-corrected chi connectivity index (χ2v) is 8.51. The highest BCUT2D eigenvalue weighted by molar-refractivity contribution is 6.03. The topological polar surface area (TPSA) is 116 Å². The van der Waals surface area contributed by atoms with E-state index in [2.05, 4.69) is 5.32 Å². The number of carboxylic acid groups (broad SMARTS) is 1. The number of carboxylic acids is 1. The van der Waals surface area contributed by atoms with Crippen molar-refractivity contribution in [2.24, 2.45) is 0 Å². The van der Waals surface area contributed by atoms with Crippen molar-refractivity contribution in [2.45, 2.75) is 32.0 Å². The maximum Gasteiger partial charge on any atom is 0.322 e. The Balaban J connectivity index is 1.62. The van der Waals surface area contributed by atoms with Gasteiger partial charge in [-0.25, -0.2) is 4.79 Å². The molecule has 0 saturated heterocycles. The highest BCUT2D eigenvalue weighted by Crippen LogP contribution is 2.30. The summed E-state index contributed by atoms with van der Waals surface area (Å²) >= 11 is 0. The Morgan fingerprint density at radius 1 is 0.943 bits per heavy atom. The number of fused-ring (bicyclic) bond motifs is 1. The summed E-state index contributed by atoms with van der Waals surface area (Å²) in [5.41, 5.74) is 9.57. The average Bonchev–Trinajstić information content (AvgIpc) is 2.97. The Morgan fingerprint density at radius 3 is 2.34 bits per heavy atom. The molecule has 3 amide bonds. The lowest BCUT2D eigenvalue weighted by Gasteiger charge is -2.30. The second-order valence-electron chi connectivity index (χ2n) is 8.51. The Kier molecular flexibility index (Phi) is 7.30. The summed E-state index contributed by atoms with van der Waals surface area (Å²) in [5, 5.41) is 12.4. The lowest BCUT2D eigenvalue weighted by atomic mass is 10.1. The van der Waals surface area contributed by atoms with Gasteiger partial charge in [-0.3, -0.25) is 14.5 Å². The standard InChI is InChI=1S/C27H28N4O4/c28-22-12-10-20(11-13-22)17-29-27(35)31-23-9-5-4-8-21(23)18-30(26(34)24(31)16-25(32)33)15-14-19-6-2-1-3-7-19/h1-13,24H,14-18,28H2,(H,29,35)(H,32,33). The van der Waals surface area contributed by atoms with Crippen LogP contribution in [0.2, 0.25) is 0 Å². The molecule has 0 radical (unpaired) electrons. The Hall–Kier alpha value is -4.33. The third-order valence-electron chi connectivity index (χ3n) is 6.04. The number of anilines is 2. The van der Waals surface area contributed by atoms with Gasteiger partial charge in [-0.15, -0.1) is 0 Å². The normalized spacial score (nSPS) is 15.3. The predicted octanol–water partition coefficient (Wildman–Crippen LogP) is 3.41. The number of carbonyl (C=O) groups excluding carboxylic acids is 2. The van der Waals surface area contributed by atoms with Crippen LogP contribution in [0.5, 0.6) is 0 Å². The van der Waals surface area contributed by atoms with Gasteiger partial charge in [0.2, 0.25) is 5.91 Å². The number of nitrogens with zero attached hydrogens (tertiary/aromatic N) is 2. The van der Waals surface area contributed by atoms with Crippen molar-refractivity contribution in [3.63, 3.8) is 0 Å². The molecule has 8 nitrogen and oxygen atoms in total. The number of hydrogen-bond acceptors (Lipinski definition) is 4. The van der Waals surface area contributed by atoms with E-state index in [1.807, 2.05) is 42.5 Å². The van der Waals surface area contributed by atoms with Crippen molar-refractivity contribution < 1.29 is 19.5 Å².